The Morgan fingerprint density at radius 2 is 1.44 bits per heavy atom. The molecule has 0 spiro atoms. The zero-order valence-corrected chi connectivity index (χ0v) is 18.7. The van der Waals surface area contributed by atoms with Crippen molar-refractivity contribution in [2.24, 2.45) is 0 Å². The summed E-state index contributed by atoms with van der Waals surface area (Å²) in [5.41, 5.74) is 3.79. The van der Waals surface area contributed by atoms with E-state index in [1.807, 2.05) is 66.7 Å². The van der Waals surface area contributed by atoms with Crippen molar-refractivity contribution < 1.29 is 19.4 Å². The van der Waals surface area contributed by atoms with E-state index < -0.39 is 5.97 Å². The van der Waals surface area contributed by atoms with Crippen LogP contribution in [0.2, 0.25) is 0 Å². The highest BCUT2D eigenvalue weighted by atomic mass is 16.5. The molecule has 0 aliphatic rings. The smallest absolute Gasteiger partial charge is 0.335 e. The van der Waals surface area contributed by atoms with Gasteiger partial charge in [0.15, 0.2) is 0 Å². The number of nitrogens with zero attached hydrogens (tertiary/aromatic N) is 2. The molecule has 34 heavy (non-hydrogen) atoms. The lowest BCUT2D eigenvalue weighted by Gasteiger charge is -2.23. The van der Waals surface area contributed by atoms with E-state index in [0.29, 0.717) is 30.2 Å². The highest BCUT2D eigenvalue weighted by molar-refractivity contribution is 5.93. The number of ether oxygens (including phenoxy) is 1. The number of carbonyl (C=O) groups is 2. The van der Waals surface area contributed by atoms with Gasteiger partial charge in [0, 0.05) is 18.7 Å². The van der Waals surface area contributed by atoms with Gasteiger partial charge in [0.2, 0.25) is 0 Å². The fourth-order valence-electron chi connectivity index (χ4n) is 3.70. The first kappa shape index (κ1) is 22.7. The molecular weight excluding hydrogens is 428 g/mol. The number of hydrogen-bond acceptors (Lipinski definition) is 4. The van der Waals surface area contributed by atoms with Crippen molar-refractivity contribution in [2.45, 2.75) is 13.1 Å². The van der Waals surface area contributed by atoms with Gasteiger partial charge in [-0.15, -0.1) is 0 Å². The van der Waals surface area contributed by atoms with Crippen LogP contribution in [0.5, 0.6) is 5.75 Å². The third kappa shape index (κ3) is 5.30. The second-order valence-corrected chi connectivity index (χ2v) is 7.76. The lowest BCUT2D eigenvalue weighted by Crippen LogP contribution is -2.31. The highest BCUT2D eigenvalue weighted by Gasteiger charge is 2.19. The minimum Gasteiger partial charge on any atom is -0.496 e. The van der Waals surface area contributed by atoms with Crippen LogP contribution in [0.15, 0.2) is 97.1 Å². The van der Waals surface area contributed by atoms with Crippen LogP contribution in [0.1, 0.15) is 32.0 Å². The van der Waals surface area contributed by atoms with Crippen LogP contribution in [0.3, 0.4) is 0 Å². The van der Waals surface area contributed by atoms with Gasteiger partial charge in [-0.3, -0.25) is 4.79 Å². The molecule has 0 radical (unpaired) electrons. The molecule has 0 fully saturated rings. The van der Waals surface area contributed by atoms with Gasteiger partial charge in [-0.2, -0.15) is 0 Å². The summed E-state index contributed by atoms with van der Waals surface area (Å²) in [6.45, 7) is 0.703. The zero-order valence-electron chi connectivity index (χ0n) is 18.7. The number of para-hydroxylation sites is 1. The standard InChI is InChI=1S/C28H24N2O4/c1-34-26-13-6-5-10-23(26)24-11-7-12-25(29-24)27(31)30(18-20-8-3-2-4-9-20)19-21-14-16-22(17-15-21)28(32)33/h2-17H,18-19H2,1H3,(H,32,33). The number of carboxylic acid groups (broad SMARTS) is 1. The van der Waals surface area contributed by atoms with Crippen molar-refractivity contribution in [2.75, 3.05) is 7.11 Å². The SMILES string of the molecule is COc1ccccc1-c1cccc(C(=O)N(Cc2ccccc2)Cc2ccc(C(=O)O)cc2)n1. The van der Waals surface area contributed by atoms with E-state index in [1.54, 1.807) is 42.3 Å². The summed E-state index contributed by atoms with van der Waals surface area (Å²) in [7, 11) is 1.60. The van der Waals surface area contributed by atoms with Crippen LogP contribution >= 0.6 is 0 Å². The molecule has 1 heterocycles. The molecule has 6 nitrogen and oxygen atoms in total. The summed E-state index contributed by atoms with van der Waals surface area (Å²) >= 11 is 0. The molecule has 0 aliphatic heterocycles. The van der Waals surface area contributed by atoms with Gasteiger partial charge in [-0.05, 0) is 47.5 Å². The Morgan fingerprint density at radius 1 is 0.794 bits per heavy atom. The quantitative estimate of drug-likeness (QED) is 0.393. The minimum atomic E-state index is -0.985. The van der Waals surface area contributed by atoms with Gasteiger partial charge < -0.3 is 14.7 Å². The highest BCUT2D eigenvalue weighted by Crippen LogP contribution is 2.28. The molecule has 0 atom stereocenters. The minimum absolute atomic E-state index is 0.205. The molecule has 0 saturated heterocycles. The van der Waals surface area contributed by atoms with Crippen molar-refractivity contribution in [1.82, 2.24) is 9.88 Å². The lowest BCUT2D eigenvalue weighted by molar-refractivity contribution is 0.0693. The average molecular weight is 453 g/mol. The summed E-state index contributed by atoms with van der Waals surface area (Å²) in [6.07, 6.45) is 0. The first-order chi connectivity index (χ1) is 16.5. The molecule has 4 rings (SSSR count). The van der Waals surface area contributed by atoms with Crippen molar-refractivity contribution in [3.05, 3.63) is 119 Å². The Kier molecular flexibility index (Phi) is 6.98. The van der Waals surface area contributed by atoms with Crippen molar-refractivity contribution in [1.29, 1.82) is 0 Å². The summed E-state index contributed by atoms with van der Waals surface area (Å²) < 4.78 is 5.45. The normalized spacial score (nSPS) is 10.5. The maximum atomic E-state index is 13.6. The molecule has 0 unspecified atom stereocenters. The first-order valence-corrected chi connectivity index (χ1v) is 10.8. The molecule has 1 aromatic heterocycles. The number of aromatic nitrogens is 1. The summed E-state index contributed by atoms with van der Waals surface area (Å²) in [6, 6.07) is 29.2. The van der Waals surface area contributed by atoms with Crippen LogP contribution in [-0.4, -0.2) is 34.0 Å². The van der Waals surface area contributed by atoms with E-state index >= 15 is 0 Å². The number of carbonyl (C=O) groups excluding carboxylic acids is 1. The number of aromatic carboxylic acids is 1. The van der Waals surface area contributed by atoms with Gasteiger partial charge in [-0.25, -0.2) is 9.78 Å². The third-order valence-electron chi connectivity index (χ3n) is 5.43. The van der Waals surface area contributed by atoms with Crippen molar-refractivity contribution in [3.63, 3.8) is 0 Å². The molecule has 1 amide bonds. The predicted molar refractivity (Wildman–Crippen MR) is 130 cm³/mol. The van der Waals surface area contributed by atoms with Gasteiger partial charge in [0.25, 0.3) is 5.91 Å². The molecule has 6 heteroatoms. The average Bonchev–Trinajstić information content (AvgIpc) is 2.89. The van der Waals surface area contributed by atoms with Crippen LogP contribution in [-0.2, 0) is 13.1 Å². The van der Waals surface area contributed by atoms with Gasteiger partial charge >= 0.3 is 5.97 Å². The molecular formula is C28H24N2O4. The summed E-state index contributed by atoms with van der Waals surface area (Å²) in [4.78, 5) is 31.1. The van der Waals surface area contributed by atoms with Crippen molar-refractivity contribution in [3.8, 4) is 17.0 Å². The number of rotatable bonds is 8. The number of methoxy groups -OCH3 is 1. The van der Waals surface area contributed by atoms with E-state index in [9.17, 15) is 9.59 Å². The molecule has 0 aliphatic carbocycles. The Balaban J connectivity index is 1.65. The van der Waals surface area contributed by atoms with E-state index in [-0.39, 0.29) is 11.5 Å². The second kappa shape index (κ2) is 10.4. The van der Waals surface area contributed by atoms with Gasteiger partial charge in [0.05, 0.1) is 18.4 Å². The fourth-order valence-corrected chi connectivity index (χ4v) is 3.70. The largest absolute Gasteiger partial charge is 0.496 e. The molecule has 0 bridgehead atoms. The van der Waals surface area contributed by atoms with E-state index in [4.69, 9.17) is 9.84 Å². The number of pyridine rings is 1. The topological polar surface area (TPSA) is 79.7 Å². The maximum Gasteiger partial charge on any atom is 0.335 e. The number of benzene rings is 3. The predicted octanol–water partition coefficient (Wildman–Crippen LogP) is 5.30. The Hall–Kier alpha value is -4.45. The first-order valence-electron chi connectivity index (χ1n) is 10.8. The van der Waals surface area contributed by atoms with Crippen LogP contribution in [0.25, 0.3) is 11.3 Å². The van der Waals surface area contributed by atoms with E-state index in [2.05, 4.69) is 4.98 Å². The number of hydrogen-bond donors (Lipinski definition) is 1. The van der Waals surface area contributed by atoms with Gasteiger partial charge in [-0.1, -0.05) is 60.7 Å². The van der Waals surface area contributed by atoms with Crippen LogP contribution < -0.4 is 4.74 Å². The molecule has 1 N–H and O–H groups in total. The van der Waals surface area contributed by atoms with E-state index in [0.717, 1.165) is 16.7 Å². The zero-order chi connectivity index (χ0) is 23.9. The van der Waals surface area contributed by atoms with Gasteiger partial charge in [0.1, 0.15) is 11.4 Å². The lowest BCUT2D eigenvalue weighted by atomic mass is 10.1. The molecule has 0 saturated carbocycles. The maximum absolute atomic E-state index is 13.6. The number of amides is 1. The van der Waals surface area contributed by atoms with Crippen LogP contribution in [0.4, 0.5) is 0 Å². The third-order valence-corrected chi connectivity index (χ3v) is 5.43. The Labute approximate surface area is 198 Å². The molecule has 4 aromatic rings. The monoisotopic (exact) mass is 452 g/mol. The molecule has 170 valence electrons. The van der Waals surface area contributed by atoms with Crippen LogP contribution in [0, 0.1) is 0 Å². The number of carboxylic acids is 1. The Morgan fingerprint density at radius 3 is 2.12 bits per heavy atom. The van der Waals surface area contributed by atoms with Crippen molar-refractivity contribution >= 4 is 11.9 Å². The summed E-state index contributed by atoms with van der Waals surface area (Å²) in [5.74, 6) is -0.525. The second-order valence-electron chi connectivity index (χ2n) is 7.76. The summed E-state index contributed by atoms with van der Waals surface area (Å²) in [5, 5.41) is 9.16. The Bertz CT molecular complexity index is 1290. The van der Waals surface area contributed by atoms with E-state index in [1.165, 1.54) is 0 Å². The molecule has 3 aromatic carbocycles. The fraction of sp³-hybridized carbons (Fsp3) is 0.107.